The third-order valence-corrected chi connectivity index (χ3v) is 7.84. The summed E-state index contributed by atoms with van der Waals surface area (Å²) in [5.41, 5.74) is 2.55. The Balaban J connectivity index is 1.40. The van der Waals surface area contributed by atoms with Gasteiger partial charge < -0.3 is 5.32 Å². The summed E-state index contributed by atoms with van der Waals surface area (Å²) in [6, 6.07) is 9.44. The van der Waals surface area contributed by atoms with Crippen LogP contribution >= 0.6 is 23.1 Å². The summed E-state index contributed by atoms with van der Waals surface area (Å²) in [7, 11) is 0. The minimum atomic E-state index is -4.61. The summed E-state index contributed by atoms with van der Waals surface area (Å²) >= 11 is 2.25. The molecular formula is C23H17F3N4OS2. The number of hydrogen-bond donors (Lipinski definition) is 1. The molecule has 5 rings (SSSR count). The molecule has 1 amide bonds. The number of aryl methyl sites for hydroxylation is 2. The monoisotopic (exact) mass is 486 g/mol. The maximum atomic E-state index is 13.8. The number of carbonyl (C=O) groups excluding carboxylic acids is 1. The van der Waals surface area contributed by atoms with Crippen LogP contribution in [0.5, 0.6) is 0 Å². The average Bonchev–Trinajstić information content (AvgIpc) is 3.37. The maximum absolute atomic E-state index is 13.8. The summed E-state index contributed by atoms with van der Waals surface area (Å²) in [5, 5.41) is 12.6. The van der Waals surface area contributed by atoms with Crippen LogP contribution < -0.4 is 5.32 Å². The number of anilines is 1. The van der Waals surface area contributed by atoms with Crippen LogP contribution in [0.1, 0.15) is 39.2 Å². The molecule has 1 aromatic carbocycles. The Morgan fingerprint density at radius 3 is 2.76 bits per heavy atom. The zero-order chi connectivity index (χ0) is 23.2. The molecule has 2 aliphatic rings. The van der Waals surface area contributed by atoms with Gasteiger partial charge in [0, 0.05) is 16.0 Å². The number of rotatable bonds is 4. The minimum Gasteiger partial charge on any atom is -0.316 e. The van der Waals surface area contributed by atoms with Gasteiger partial charge in [0.15, 0.2) is 10.9 Å². The number of fused-ring (bicyclic) bond motifs is 4. The molecule has 2 aliphatic carbocycles. The van der Waals surface area contributed by atoms with Crippen molar-refractivity contribution in [2.24, 2.45) is 0 Å². The fourth-order valence-electron chi connectivity index (χ4n) is 4.35. The zero-order valence-electron chi connectivity index (χ0n) is 17.3. The molecule has 0 fully saturated rings. The maximum Gasteiger partial charge on any atom is 0.433 e. The van der Waals surface area contributed by atoms with E-state index in [1.807, 2.05) is 12.1 Å². The van der Waals surface area contributed by atoms with Gasteiger partial charge in [-0.1, -0.05) is 36.0 Å². The Kier molecular flexibility index (Phi) is 5.62. The molecule has 0 spiro atoms. The molecule has 0 radical (unpaired) electrons. The third-order valence-electron chi connectivity index (χ3n) is 5.79. The Morgan fingerprint density at radius 2 is 1.97 bits per heavy atom. The van der Waals surface area contributed by atoms with Crippen molar-refractivity contribution in [2.75, 3.05) is 11.1 Å². The lowest BCUT2D eigenvalue weighted by Gasteiger charge is -2.22. The van der Waals surface area contributed by atoms with Crippen molar-refractivity contribution >= 4 is 34.0 Å². The number of amides is 1. The van der Waals surface area contributed by atoms with Crippen LogP contribution in [0.2, 0.25) is 0 Å². The van der Waals surface area contributed by atoms with Gasteiger partial charge in [-0.3, -0.25) is 4.79 Å². The first kappa shape index (κ1) is 21.9. The van der Waals surface area contributed by atoms with Gasteiger partial charge in [0.2, 0.25) is 5.91 Å². The molecular weight excluding hydrogens is 469 g/mol. The fraction of sp³-hybridized carbons (Fsp3) is 0.304. The van der Waals surface area contributed by atoms with E-state index in [9.17, 15) is 23.2 Å². The molecule has 3 aromatic rings. The van der Waals surface area contributed by atoms with Crippen LogP contribution in [-0.4, -0.2) is 21.6 Å². The molecule has 2 aromatic heterocycles. The lowest BCUT2D eigenvalue weighted by atomic mass is 9.88. The smallest absolute Gasteiger partial charge is 0.316 e. The molecule has 10 heteroatoms. The predicted octanol–water partition coefficient (Wildman–Crippen LogP) is 5.41. The van der Waals surface area contributed by atoms with E-state index in [-0.39, 0.29) is 28.6 Å². The van der Waals surface area contributed by atoms with Crippen molar-refractivity contribution in [1.82, 2.24) is 9.97 Å². The first-order valence-electron chi connectivity index (χ1n) is 10.4. The molecule has 0 saturated heterocycles. The lowest BCUT2D eigenvalue weighted by molar-refractivity contribution is -0.142. The molecule has 33 heavy (non-hydrogen) atoms. The first-order valence-corrected chi connectivity index (χ1v) is 12.2. The topological polar surface area (TPSA) is 78.7 Å². The van der Waals surface area contributed by atoms with E-state index in [0.29, 0.717) is 22.5 Å². The lowest BCUT2D eigenvalue weighted by Crippen LogP contribution is -2.19. The summed E-state index contributed by atoms with van der Waals surface area (Å²) in [4.78, 5) is 21.8. The molecule has 168 valence electrons. The molecule has 1 N–H and O–H groups in total. The number of carbonyl (C=O) groups is 1. The third kappa shape index (κ3) is 4.11. The molecule has 5 nitrogen and oxygen atoms in total. The molecule has 0 unspecified atom stereocenters. The van der Waals surface area contributed by atoms with Gasteiger partial charge in [-0.2, -0.15) is 18.4 Å². The SMILES string of the molecule is N#Cc1c(NC(=O)CSc2nc3c(c(C(F)(F)F)n2)CCc2ccccc2-3)sc2c1CCC2. The van der Waals surface area contributed by atoms with Gasteiger partial charge in [-0.05, 0) is 43.2 Å². The van der Waals surface area contributed by atoms with Crippen molar-refractivity contribution in [3.8, 4) is 17.3 Å². The number of nitrogens with one attached hydrogen (secondary N) is 1. The minimum absolute atomic E-state index is 0.0953. The van der Waals surface area contributed by atoms with Gasteiger partial charge in [-0.15, -0.1) is 11.3 Å². The van der Waals surface area contributed by atoms with Gasteiger partial charge in [0.05, 0.1) is 17.0 Å². The summed E-state index contributed by atoms with van der Waals surface area (Å²) in [6.45, 7) is 0. The van der Waals surface area contributed by atoms with Crippen molar-refractivity contribution in [3.63, 3.8) is 0 Å². The van der Waals surface area contributed by atoms with Gasteiger partial charge in [0.1, 0.15) is 11.1 Å². The quantitative estimate of drug-likeness (QED) is 0.394. The highest BCUT2D eigenvalue weighted by Crippen LogP contribution is 2.41. The van der Waals surface area contributed by atoms with E-state index in [4.69, 9.17) is 0 Å². The number of thioether (sulfide) groups is 1. The number of benzene rings is 1. The number of alkyl halides is 3. The van der Waals surface area contributed by atoms with Crippen LogP contribution in [0.3, 0.4) is 0 Å². The number of aromatic nitrogens is 2. The van der Waals surface area contributed by atoms with E-state index in [0.717, 1.165) is 47.0 Å². The molecule has 0 aliphatic heterocycles. The van der Waals surface area contributed by atoms with Crippen molar-refractivity contribution in [2.45, 2.75) is 43.4 Å². The molecule has 0 atom stereocenters. The van der Waals surface area contributed by atoms with E-state index in [1.54, 1.807) is 12.1 Å². The second-order valence-electron chi connectivity index (χ2n) is 7.85. The van der Waals surface area contributed by atoms with E-state index < -0.39 is 17.8 Å². The number of halogens is 3. The molecule has 0 bridgehead atoms. The Bertz CT molecular complexity index is 1310. The van der Waals surface area contributed by atoms with Crippen LogP contribution in [0.15, 0.2) is 29.4 Å². The Morgan fingerprint density at radius 1 is 1.15 bits per heavy atom. The van der Waals surface area contributed by atoms with Crippen LogP contribution in [0, 0.1) is 11.3 Å². The van der Waals surface area contributed by atoms with Gasteiger partial charge >= 0.3 is 6.18 Å². The average molecular weight is 487 g/mol. The number of thiophene rings is 1. The van der Waals surface area contributed by atoms with Crippen molar-refractivity contribution in [1.29, 1.82) is 5.26 Å². The Hall–Kier alpha value is -2.90. The van der Waals surface area contributed by atoms with E-state index >= 15 is 0 Å². The van der Waals surface area contributed by atoms with Gasteiger partial charge in [-0.25, -0.2) is 9.97 Å². The molecule has 0 saturated carbocycles. The highest BCUT2D eigenvalue weighted by atomic mass is 32.2. The highest BCUT2D eigenvalue weighted by Gasteiger charge is 2.39. The Labute approximate surface area is 196 Å². The first-order chi connectivity index (χ1) is 15.8. The van der Waals surface area contributed by atoms with E-state index in [2.05, 4.69) is 21.4 Å². The zero-order valence-corrected chi connectivity index (χ0v) is 18.9. The van der Waals surface area contributed by atoms with Crippen LogP contribution in [0.4, 0.5) is 18.2 Å². The number of nitrogens with zero attached hydrogens (tertiary/aromatic N) is 3. The predicted molar refractivity (Wildman–Crippen MR) is 120 cm³/mol. The summed E-state index contributed by atoms with van der Waals surface area (Å²) < 4.78 is 41.3. The van der Waals surface area contributed by atoms with E-state index in [1.165, 1.54) is 11.3 Å². The normalized spacial score (nSPS) is 14.2. The second kappa shape index (κ2) is 8.47. The van der Waals surface area contributed by atoms with Crippen LogP contribution in [0.25, 0.3) is 11.3 Å². The van der Waals surface area contributed by atoms with Crippen molar-refractivity contribution in [3.05, 3.63) is 57.1 Å². The number of hydrogen-bond acceptors (Lipinski definition) is 6. The fourth-order valence-corrected chi connectivity index (χ4v) is 6.25. The van der Waals surface area contributed by atoms with Gasteiger partial charge in [0.25, 0.3) is 0 Å². The largest absolute Gasteiger partial charge is 0.433 e. The summed E-state index contributed by atoms with van der Waals surface area (Å²) in [6.07, 6.45) is -1.19. The highest BCUT2D eigenvalue weighted by molar-refractivity contribution is 7.99. The van der Waals surface area contributed by atoms with Crippen LogP contribution in [-0.2, 0) is 36.7 Å². The standard InChI is InChI=1S/C23H17F3N4OS2/c24-23(25,26)20-15-9-8-12-4-1-2-5-13(12)19(15)29-22(30-20)32-11-18(31)28-21-16(10-27)14-6-3-7-17(14)33-21/h1-2,4-5H,3,6-9,11H2,(H,28,31). The van der Waals surface area contributed by atoms with Crippen molar-refractivity contribution < 1.29 is 18.0 Å². The number of nitriles is 1. The second-order valence-corrected chi connectivity index (χ2v) is 9.89. The molecule has 2 heterocycles. The summed E-state index contributed by atoms with van der Waals surface area (Å²) in [5.74, 6) is -0.572.